The van der Waals surface area contributed by atoms with Crippen LogP contribution in [0.3, 0.4) is 0 Å². The first-order valence-electron chi connectivity index (χ1n) is 8.39. The van der Waals surface area contributed by atoms with Crippen molar-refractivity contribution in [3.8, 4) is 0 Å². The Morgan fingerprint density at radius 2 is 1.92 bits per heavy atom. The van der Waals surface area contributed by atoms with E-state index in [0.717, 1.165) is 0 Å². The second-order valence-electron chi connectivity index (χ2n) is 6.70. The van der Waals surface area contributed by atoms with Crippen molar-refractivity contribution in [2.24, 2.45) is 0 Å². The standard InChI is InChI=1S/C16H24N4O5S/c1-11(2)17-16(21)12-4-5-14(15(10-12)20(22)23)18-13-6-8-19(9-7-13)26(3,24)25/h4-5,10-11,13,18H,6-9H2,1-3H3,(H,17,21). The molecule has 1 fully saturated rings. The van der Waals surface area contributed by atoms with Crippen LogP contribution in [0.4, 0.5) is 11.4 Å². The lowest BCUT2D eigenvalue weighted by Crippen LogP contribution is -2.41. The maximum atomic E-state index is 12.0. The number of nitro benzene ring substituents is 1. The Morgan fingerprint density at radius 1 is 1.31 bits per heavy atom. The van der Waals surface area contributed by atoms with Gasteiger partial charge in [0.2, 0.25) is 10.0 Å². The zero-order chi connectivity index (χ0) is 19.5. The molecule has 1 aromatic carbocycles. The third-order valence-corrected chi connectivity index (χ3v) is 5.46. The maximum absolute atomic E-state index is 12.0. The minimum atomic E-state index is -3.22. The average Bonchev–Trinajstić information content (AvgIpc) is 2.54. The van der Waals surface area contributed by atoms with E-state index in [-0.39, 0.29) is 29.2 Å². The van der Waals surface area contributed by atoms with Crippen molar-refractivity contribution < 1.29 is 18.1 Å². The maximum Gasteiger partial charge on any atom is 0.293 e. The van der Waals surface area contributed by atoms with E-state index in [1.807, 2.05) is 13.8 Å². The van der Waals surface area contributed by atoms with Gasteiger partial charge in [-0.15, -0.1) is 0 Å². The van der Waals surface area contributed by atoms with Crippen LogP contribution in [0.5, 0.6) is 0 Å². The quantitative estimate of drug-likeness (QED) is 0.567. The van der Waals surface area contributed by atoms with Crippen LogP contribution < -0.4 is 10.6 Å². The minimum Gasteiger partial charge on any atom is -0.377 e. The van der Waals surface area contributed by atoms with Crippen molar-refractivity contribution >= 4 is 27.3 Å². The first-order chi connectivity index (χ1) is 12.1. The summed E-state index contributed by atoms with van der Waals surface area (Å²) in [5.41, 5.74) is 0.378. The Labute approximate surface area is 153 Å². The summed E-state index contributed by atoms with van der Waals surface area (Å²) in [4.78, 5) is 22.9. The third-order valence-electron chi connectivity index (χ3n) is 4.16. The Kier molecular flexibility index (Phi) is 6.19. The fourth-order valence-corrected chi connectivity index (χ4v) is 3.72. The summed E-state index contributed by atoms with van der Waals surface area (Å²) < 4.78 is 24.5. The highest BCUT2D eigenvalue weighted by Gasteiger charge is 2.26. The number of carbonyl (C=O) groups excluding carboxylic acids is 1. The average molecular weight is 384 g/mol. The molecule has 0 spiro atoms. The van der Waals surface area contributed by atoms with Crippen LogP contribution in [0.25, 0.3) is 0 Å². The molecule has 1 heterocycles. The molecule has 0 saturated carbocycles. The van der Waals surface area contributed by atoms with Crippen molar-refractivity contribution in [3.05, 3.63) is 33.9 Å². The molecule has 1 aliphatic rings. The van der Waals surface area contributed by atoms with E-state index < -0.39 is 14.9 Å². The van der Waals surface area contributed by atoms with Crippen LogP contribution in [-0.2, 0) is 10.0 Å². The number of benzene rings is 1. The Bertz CT molecular complexity index is 786. The predicted molar refractivity (Wildman–Crippen MR) is 98.8 cm³/mol. The van der Waals surface area contributed by atoms with Gasteiger partial charge in [0.1, 0.15) is 5.69 Å². The molecule has 1 saturated heterocycles. The highest BCUT2D eigenvalue weighted by Crippen LogP contribution is 2.28. The molecular formula is C16H24N4O5S. The molecule has 2 rings (SSSR count). The van der Waals surface area contributed by atoms with Crippen molar-refractivity contribution in [2.75, 3.05) is 24.7 Å². The number of rotatable bonds is 6. The minimum absolute atomic E-state index is 0.0676. The van der Waals surface area contributed by atoms with E-state index in [9.17, 15) is 23.3 Å². The number of carbonyl (C=O) groups is 1. The van der Waals surface area contributed by atoms with E-state index in [0.29, 0.717) is 31.6 Å². The Morgan fingerprint density at radius 3 is 2.42 bits per heavy atom. The summed E-state index contributed by atoms with van der Waals surface area (Å²) in [5.74, 6) is -0.365. The number of nitrogens with zero attached hydrogens (tertiary/aromatic N) is 2. The molecule has 144 valence electrons. The van der Waals surface area contributed by atoms with E-state index >= 15 is 0 Å². The number of nitro groups is 1. The molecule has 1 aliphatic heterocycles. The van der Waals surface area contributed by atoms with Crippen LogP contribution in [-0.4, -0.2) is 55.0 Å². The lowest BCUT2D eigenvalue weighted by Gasteiger charge is -2.31. The zero-order valence-electron chi connectivity index (χ0n) is 15.1. The number of nitrogens with one attached hydrogen (secondary N) is 2. The fourth-order valence-electron chi connectivity index (χ4n) is 2.84. The first kappa shape index (κ1) is 20.1. The Hall–Kier alpha value is -2.20. The van der Waals surface area contributed by atoms with Gasteiger partial charge in [0, 0.05) is 36.8 Å². The van der Waals surface area contributed by atoms with E-state index in [2.05, 4.69) is 10.6 Å². The van der Waals surface area contributed by atoms with Gasteiger partial charge in [-0.1, -0.05) is 0 Å². The summed E-state index contributed by atoms with van der Waals surface area (Å²) in [7, 11) is -3.22. The molecule has 0 aromatic heterocycles. The smallest absolute Gasteiger partial charge is 0.293 e. The molecule has 26 heavy (non-hydrogen) atoms. The van der Waals surface area contributed by atoms with Gasteiger partial charge in [-0.3, -0.25) is 14.9 Å². The Balaban J connectivity index is 2.12. The van der Waals surface area contributed by atoms with Crippen LogP contribution in [0.2, 0.25) is 0 Å². The third kappa shape index (κ3) is 5.15. The molecule has 0 bridgehead atoms. The summed E-state index contributed by atoms with van der Waals surface area (Å²) in [6.45, 7) is 4.37. The topological polar surface area (TPSA) is 122 Å². The lowest BCUT2D eigenvalue weighted by molar-refractivity contribution is -0.384. The summed E-state index contributed by atoms with van der Waals surface area (Å²) in [6.07, 6.45) is 2.28. The van der Waals surface area contributed by atoms with E-state index in [1.165, 1.54) is 22.7 Å². The molecule has 2 N–H and O–H groups in total. The van der Waals surface area contributed by atoms with Gasteiger partial charge in [0.15, 0.2) is 0 Å². The number of anilines is 1. The fraction of sp³-hybridized carbons (Fsp3) is 0.562. The van der Waals surface area contributed by atoms with Gasteiger partial charge in [-0.05, 0) is 38.8 Å². The molecule has 1 amide bonds. The molecule has 0 radical (unpaired) electrons. The van der Waals surface area contributed by atoms with E-state index in [4.69, 9.17) is 0 Å². The van der Waals surface area contributed by atoms with Crippen molar-refractivity contribution in [3.63, 3.8) is 0 Å². The molecule has 0 aliphatic carbocycles. The molecule has 9 nitrogen and oxygen atoms in total. The van der Waals surface area contributed by atoms with Gasteiger partial charge in [-0.2, -0.15) is 0 Å². The number of amides is 1. The van der Waals surface area contributed by atoms with Crippen molar-refractivity contribution in [1.82, 2.24) is 9.62 Å². The number of hydrogen-bond donors (Lipinski definition) is 2. The molecule has 1 aromatic rings. The van der Waals surface area contributed by atoms with Gasteiger partial charge in [0.05, 0.1) is 11.2 Å². The van der Waals surface area contributed by atoms with E-state index in [1.54, 1.807) is 6.07 Å². The van der Waals surface area contributed by atoms with Crippen LogP contribution in [0.1, 0.15) is 37.0 Å². The summed E-state index contributed by atoms with van der Waals surface area (Å²) >= 11 is 0. The molecule has 10 heteroatoms. The largest absolute Gasteiger partial charge is 0.377 e. The SMILES string of the molecule is CC(C)NC(=O)c1ccc(NC2CCN(S(C)(=O)=O)CC2)c([N+](=O)[O-])c1. The van der Waals surface area contributed by atoms with Crippen LogP contribution in [0.15, 0.2) is 18.2 Å². The summed E-state index contributed by atoms with van der Waals surface area (Å²) in [5, 5.41) is 17.2. The van der Waals surface area contributed by atoms with Gasteiger partial charge < -0.3 is 10.6 Å². The highest BCUT2D eigenvalue weighted by molar-refractivity contribution is 7.88. The number of hydrogen-bond acceptors (Lipinski definition) is 6. The first-order valence-corrected chi connectivity index (χ1v) is 10.2. The van der Waals surface area contributed by atoms with Gasteiger partial charge in [0.25, 0.3) is 11.6 Å². The second kappa shape index (κ2) is 8.00. The van der Waals surface area contributed by atoms with Crippen LogP contribution >= 0.6 is 0 Å². The zero-order valence-corrected chi connectivity index (χ0v) is 15.9. The monoisotopic (exact) mass is 384 g/mol. The number of sulfonamides is 1. The second-order valence-corrected chi connectivity index (χ2v) is 8.68. The number of piperidine rings is 1. The molecule has 0 unspecified atom stereocenters. The van der Waals surface area contributed by atoms with Gasteiger partial charge >= 0.3 is 0 Å². The highest BCUT2D eigenvalue weighted by atomic mass is 32.2. The normalized spacial score (nSPS) is 16.5. The lowest BCUT2D eigenvalue weighted by atomic mass is 10.1. The molecule has 0 atom stereocenters. The van der Waals surface area contributed by atoms with Crippen LogP contribution in [0, 0.1) is 10.1 Å². The predicted octanol–water partition coefficient (Wildman–Crippen LogP) is 1.57. The van der Waals surface area contributed by atoms with Crippen molar-refractivity contribution in [2.45, 2.75) is 38.8 Å². The summed E-state index contributed by atoms with van der Waals surface area (Å²) in [6, 6.07) is 4.18. The van der Waals surface area contributed by atoms with Gasteiger partial charge in [-0.25, -0.2) is 12.7 Å². The molecular weight excluding hydrogens is 360 g/mol. The van der Waals surface area contributed by atoms with Crippen molar-refractivity contribution in [1.29, 1.82) is 0 Å².